The van der Waals surface area contributed by atoms with Crippen molar-refractivity contribution in [2.45, 2.75) is 24.6 Å². The quantitative estimate of drug-likeness (QED) is 0.739. The molecule has 4 heteroatoms. The lowest BCUT2D eigenvalue weighted by Gasteiger charge is -2.08. The lowest BCUT2D eigenvalue weighted by atomic mass is 10.1. The molecule has 2 rings (SSSR count). The average molecular weight is 315 g/mol. The van der Waals surface area contributed by atoms with Crippen LogP contribution in [0.4, 0.5) is 8.78 Å². The fourth-order valence-corrected chi connectivity index (χ4v) is 2.33. The van der Waals surface area contributed by atoms with E-state index in [9.17, 15) is 8.78 Å². The minimum atomic E-state index is -0.561. The Balaban J connectivity index is 2.13. The number of furan rings is 1. The van der Waals surface area contributed by atoms with E-state index in [1.807, 2.05) is 19.1 Å². The fourth-order valence-electron chi connectivity index (χ4n) is 1.73. The van der Waals surface area contributed by atoms with Crippen molar-refractivity contribution < 1.29 is 13.2 Å². The van der Waals surface area contributed by atoms with Crippen molar-refractivity contribution in [3.8, 4) is 0 Å². The molecule has 0 saturated heterocycles. The third-order valence-electron chi connectivity index (χ3n) is 2.75. The van der Waals surface area contributed by atoms with Crippen LogP contribution in [0.2, 0.25) is 0 Å². The molecule has 0 saturated carbocycles. The van der Waals surface area contributed by atoms with Crippen LogP contribution >= 0.6 is 15.9 Å². The second-order valence-corrected chi connectivity index (χ2v) is 5.17. The summed E-state index contributed by atoms with van der Waals surface area (Å²) in [5.74, 6) is 0.569. The maximum atomic E-state index is 13.5. The van der Waals surface area contributed by atoms with Gasteiger partial charge in [-0.1, -0.05) is 28.9 Å². The van der Waals surface area contributed by atoms with Crippen molar-refractivity contribution >= 4 is 15.9 Å². The maximum Gasteiger partial charge on any atom is 0.129 e. The van der Waals surface area contributed by atoms with Crippen LogP contribution in [0.25, 0.3) is 0 Å². The van der Waals surface area contributed by atoms with E-state index < -0.39 is 11.6 Å². The predicted molar refractivity (Wildman–Crippen MR) is 69.8 cm³/mol. The van der Waals surface area contributed by atoms with E-state index in [1.54, 1.807) is 0 Å². The molecule has 2 aromatic rings. The average Bonchev–Trinajstić information content (AvgIpc) is 2.81. The summed E-state index contributed by atoms with van der Waals surface area (Å²) in [5, 5.41) is 0. The van der Waals surface area contributed by atoms with Crippen LogP contribution in [0.1, 0.15) is 28.8 Å². The summed E-state index contributed by atoms with van der Waals surface area (Å²) in [6.45, 7) is 2.01. The van der Waals surface area contributed by atoms with Crippen LogP contribution in [0, 0.1) is 11.6 Å². The highest BCUT2D eigenvalue weighted by atomic mass is 79.9. The molecule has 0 aliphatic carbocycles. The number of halogens is 3. The topological polar surface area (TPSA) is 13.1 Å². The summed E-state index contributed by atoms with van der Waals surface area (Å²) in [4.78, 5) is -0.113. The van der Waals surface area contributed by atoms with Gasteiger partial charge in [0.05, 0.1) is 4.83 Å². The molecular formula is C14H13BrF2O. The van der Waals surface area contributed by atoms with Gasteiger partial charge in [-0.2, -0.15) is 0 Å². The van der Waals surface area contributed by atoms with Gasteiger partial charge in [0.25, 0.3) is 0 Å². The van der Waals surface area contributed by atoms with Crippen LogP contribution in [0.15, 0.2) is 34.7 Å². The number of hydrogen-bond donors (Lipinski definition) is 0. The van der Waals surface area contributed by atoms with Crippen LogP contribution in [-0.2, 0) is 12.8 Å². The van der Waals surface area contributed by atoms with Gasteiger partial charge in [-0.15, -0.1) is 0 Å². The zero-order valence-electron chi connectivity index (χ0n) is 9.92. The van der Waals surface area contributed by atoms with Crippen molar-refractivity contribution in [2.24, 2.45) is 0 Å². The summed E-state index contributed by atoms with van der Waals surface area (Å²) in [5.41, 5.74) is 0.465. The number of hydrogen-bond acceptors (Lipinski definition) is 1. The molecule has 0 radical (unpaired) electrons. The molecule has 96 valence electrons. The summed E-state index contributed by atoms with van der Waals surface area (Å²) in [7, 11) is 0. The zero-order chi connectivity index (χ0) is 13.1. The maximum absolute atomic E-state index is 13.5. The van der Waals surface area contributed by atoms with Gasteiger partial charge in [0.15, 0.2) is 0 Å². The minimum Gasteiger partial charge on any atom is -0.465 e. The number of alkyl halides is 1. The van der Waals surface area contributed by atoms with Gasteiger partial charge in [-0.3, -0.25) is 0 Å². The third-order valence-corrected chi connectivity index (χ3v) is 3.53. The van der Waals surface area contributed by atoms with Crippen molar-refractivity contribution in [3.05, 3.63) is 59.1 Å². The summed E-state index contributed by atoms with van der Waals surface area (Å²) < 4.78 is 31.9. The van der Waals surface area contributed by atoms with Crippen LogP contribution < -0.4 is 0 Å². The Bertz CT molecular complexity index is 536. The minimum absolute atomic E-state index is 0.113. The molecule has 0 aliphatic heterocycles. The number of aryl methyl sites for hydroxylation is 1. The van der Waals surface area contributed by atoms with Gasteiger partial charge in [0, 0.05) is 12.5 Å². The second-order valence-electron chi connectivity index (χ2n) is 4.07. The summed E-state index contributed by atoms with van der Waals surface area (Å²) in [6.07, 6.45) is 1.24. The van der Waals surface area contributed by atoms with Crippen LogP contribution in [-0.4, -0.2) is 0 Å². The van der Waals surface area contributed by atoms with Crippen molar-refractivity contribution in [1.82, 2.24) is 0 Å². The molecule has 0 aliphatic rings. The van der Waals surface area contributed by atoms with E-state index in [0.717, 1.165) is 24.0 Å². The van der Waals surface area contributed by atoms with Crippen molar-refractivity contribution in [2.75, 3.05) is 0 Å². The lowest BCUT2D eigenvalue weighted by molar-refractivity contribution is 0.465. The van der Waals surface area contributed by atoms with E-state index in [4.69, 9.17) is 4.42 Å². The SMILES string of the molecule is CCc1ccc(C(Br)Cc2ccc(F)cc2F)o1. The van der Waals surface area contributed by atoms with Gasteiger partial charge in [-0.25, -0.2) is 8.78 Å². The monoisotopic (exact) mass is 314 g/mol. The molecule has 1 aromatic carbocycles. The summed E-state index contributed by atoms with van der Waals surface area (Å²) >= 11 is 3.46. The summed E-state index contributed by atoms with van der Waals surface area (Å²) in [6, 6.07) is 7.40. The number of rotatable bonds is 4. The Hall–Kier alpha value is -1.16. The van der Waals surface area contributed by atoms with E-state index in [2.05, 4.69) is 15.9 Å². The zero-order valence-corrected chi connectivity index (χ0v) is 11.5. The Morgan fingerprint density at radius 1 is 1.22 bits per heavy atom. The molecule has 1 heterocycles. The van der Waals surface area contributed by atoms with E-state index in [1.165, 1.54) is 12.1 Å². The molecule has 18 heavy (non-hydrogen) atoms. The molecule has 0 fully saturated rings. The second kappa shape index (κ2) is 5.65. The van der Waals surface area contributed by atoms with Crippen LogP contribution in [0.5, 0.6) is 0 Å². The largest absolute Gasteiger partial charge is 0.465 e. The van der Waals surface area contributed by atoms with E-state index in [-0.39, 0.29) is 4.83 Å². The molecule has 0 N–H and O–H groups in total. The van der Waals surface area contributed by atoms with E-state index >= 15 is 0 Å². The lowest BCUT2D eigenvalue weighted by Crippen LogP contribution is -1.97. The highest BCUT2D eigenvalue weighted by Crippen LogP contribution is 2.29. The Labute approximate surface area is 113 Å². The van der Waals surface area contributed by atoms with Crippen molar-refractivity contribution in [1.29, 1.82) is 0 Å². The first-order valence-corrected chi connectivity index (χ1v) is 6.68. The Morgan fingerprint density at radius 2 is 2.00 bits per heavy atom. The van der Waals surface area contributed by atoms with E-state index in [0.29, 0.717) is 12.0 Å². The predicted octanol–water partition coefficient (Wildman–Crippen LogP) is 4.80. The van der Waals surface area contributed by atoms with Gasteiger partial charge in [0.1, 0.15) is 23.2 Å². The smallest absolute Gasteiger partial charge is 0.129 e. The number of benzene rings is 1. The van der Waals surface area contributed by atoms with Crippen LogP contribution in [0.3, 0.4) is 0 Å². The Morgan fingerprint density at radius 3 is 2.61 bits per heavy atom. The highest BCUT2D eigenvalue weighted by molar-refractivity contribution is 9.09. The van der Waals surface area contributed by atoms with Gasteiger partial charge >= 0.3 is 0 Å². The fraction of sp³-hybridized carbons (Fsp3) is 0.286. The molecule has 1 aromatic heterocycles. The molecule has 1 nitrogen and oxygen atoms in total. The normalized spacial score (nSPS) is 12.7. The van der Waals surface area contributed by atoms with Crippen molar-refractivity contribution in [3.63, 3.8) is 0 Å². The first kappa shape index (κ1) is 13.3. The van der Waals surface area contributed by atoms with Gasteiger partial charge in [-0.05, 0) is 30.2 Å². The highest BCUT2D eigenvalue weighted by Gasteiger charge is 2.15. The molecule has 0 amide bonds. The first-order valence-electron chi connectivity index (χ1n) is 5.76. The molecular weight excluding hydrogens is 302 g/mol. The first-order chi connectivity index (χ1) is 8.60. The van der Waals surface area contributed by atoms with Gasteiger partial charge < -0.3 is 4.42 Å². The molecule has 1 atom stereocenters. The molecule has 0 spiro atoms. The standard InChI is InChI=1S/C14H13BrF2O/c1-2-11-5-6-14(18-11)12(15)7-9-3-4-10(16)8-13(9)17/h3-6,8,12H,2,7H2,1H3. The molecule has 1 unspecified atom stereocenters. The Kier molecular flexibility index (Phi) is 4.17. The third kappa shape index (κ3) is 2.99. The van der Waals surface area contributed by atoms with Gasteiger partial charge in [0.2, 0.25) is 0 Å². The molecule has 0 bridgehead atoms.